The Morgan fingerprint density at radius 2 is 1.88 bits per heavy atom. The highest BCUT2D eigenvalue weighted by molar-refractivity contribution is 5.92. The van der Waals surface area contributed by atoms with Gasteiger partial charge in [0.15, 0.2) is 6.10 Å². The minimum absolute atomic E-state index is 0.152. The van der Waals surface area contributed by atoms with E-state index in [1.165, 1.54) is 0 Å². The van der Waals surface area contributed by atoms with Gasteiger partial charge in [-0.1, -0.05) is 12.8 Å². The molecule has 3 rings (SSSR count). The van der Waals surface area contributed by atoms with E-state index in [4.69, 9.17) is 14.2 Å². The largest absolute Gasteiger partial charge is 0.491 e. The minimum Gasteiger partial charge on any atom is -0.491 e. The number of carbonyl (C=O) groups excluding carboxylic acids is 2. The summed E-state index contributed by atoms with van der Waals surface area (Å²) >= 11 is 0. The topological polar surface area (TPSA) is 73.9 Å². The zero-order valence-electron chi connectivity index (χ0n) is 15.2. The zero-order chi connectivity index (χ0) is 18.4. The molecule has 1 aliphatic heterocycles. The van der Waals surface area contributed by atoms with E-state index in [1.54, 1.807) is 31.2 Å². The highest BCUT2D eigenvalue weighted by atomic mass is 16.5. The lowest BCUT2D eigenvalue weighted by atomic mass is 10.2. The highest BCUT2D eigenvalue weighted by Gasteiger charge is 2.23. The fourth-order valence-corrected chi connectivity index (χ4v) is 3.32. The van der Waals surface area contributed by atoms with Gasteiger partial charge in [-0.05, 0) is 56.9 Å². The van der Waals surface area contributed by atoms with Gasteiger partial charge in [0.25, 0.3) is 5.91 Å². The molecule has 2 fully saturated rings. The standard InChI is InChI=1S/C20H27NO5/c1-14(19(22)21-16-5-2-3-6-16)26-20(23)15-8-10-17(11-9-15)25-13-18-7-4-12-24-18/h8-11,14,16,18H,2-7,12-13H2,1H3,(H,21,22)/t14-,18-/m0/s1. The fourth-order valence-electron chi connectivity index (χ4n) is 3.32. The van der Waals surface area contributed by atoms with Gasteiger partial charge in [0.2, 0.25) is 0 Å². The van der Waals surface area contributed by atoms with Crippen molar-refractivity contribution in [2.24, 2.45) is 0 Å². The maximum Gasteiger partial charge on any atom is 0.338 e. The number of amides is 1. The summed E-state index contributed by atoms with van der Waals surface area (Å²) in [5.74, 6) is -0.0596. The van der Waals surface area contributed by atoms with E-state index in [0.29, 0.717) is 17.9 Å². The molecule has 1 aromatic carbocycles. The summed E-state index contributed by atoms with van der Waals surface area (Å²) in [6.07, 6.45) is 5.72. The zero-order valence-corrected chi connectivity index (χ0v) is 15.2. The average molecular weight is 361 g/mol. The quantitative estimate of drug-likeness (QED) is 0.756. The first kappa shape index (κ1) is 18.7. The number of benzene rings is 1. The molecule has 6 nitrogen and oxygen atoms in total. The Morgan fingerprint density at radius 1 is 1.15 bits per heavy atom. The van der Waals surface area contributed by atoms with Crippen LogP contribution in [0.1, 0.15) is 55.8 Å². The molecule has 142 valence electrons. The van der Waals surface area contributed by atoms with Crippen molar-refractivity contribution in [3.05, 3.63) is 29.8 Å². The van der Waals surface area contributed by atoms with Gasteiger partial charge in [-0.15, -0.1) is 0 Å². The monoisotopic (exact) mass is 361 g/mol. The summed E-state index contributed by atoms with van der Waals surface area (Å²) < 4.78 is 16.5. The Hall–Kier alpha value is -2.08. The molecule has 1 heterocycles. The van der Waals surface area contributed by atoms with Crippen LogP contribution in [0.5, 0.6) is 5.75 Å². The van der Waals surface area contributed by atoms with E-state index in [2.05, 4.69) is 5.32 Å². The molecule has 1 amide bonds. The Morgan fingerprint density at radius 3 is 2.54 bits per heavy atom. The summed E-state index contributed by atoms with van der Waals surface area (Å²) in [7, 11) is 0. The van der Waals surface area contributed by atoms with Crippen molar-refractivity contribution in [3.8, 4) is 5.75 Å². The van der Waals surface area contributed by atoms with Gasteiger partial charge >= 0.3 is 5.97 Å². The lowest BCUT2D eigenvalue weighted by molar-refractivity contribution is -0.129. The smallest absolute Gasteiger partial charge is 0.338 e. The van der Waals surface area contributed by atoms with Gasteiger partial charge in [0, 0.05) is 12.6 Å². The molecule has 26 heavy (non-hydrogen) atoms. The minimum atomic E-state index is -0.807. The van der Waals surface area contributed by atoms with Crippen LogP contribution in [0.15, 0.2) is 24.3 Å². The second kappa shape index (κ2) is 9.03. The maximum atomic E-state index is 12.2. The van der Waals surface area contributed by atoms with Crippen LogP contribution in [0, 0.1) is 0 Å². The summed E-state index contributed by atoms with van der Waals surface area (Å²) in [5.41, 5.74) is 0.398. The Kier molecular flexibility index (Phi) is 6.50. The second-order valence-electron chi connectivity index (χ2n) is 7.01. The molecule has 0 spiro atoms. The van der Waals surface area contributed by atoms with Gasteiger partial charge in [-0.25, -0.2) is 4.79 Å². The molecule has 1 saturated carbocycles. The van der Waals surface area contributed by atoms with Crippen LogP contribution in [0.3, 0.4) is 0 Å². The Labute approximate surface area is 154 Å². The molecule has 1 N–H and O–H groups in total. The van der Waals surface area contributed by atoms with E-state index in [0.717, 1.165) is 45.1 Å². The van der Waals surface area contributed by atoms with E-state index in [-0.39, 0.29) is 18.1 Å². The Bertz CT molecular complexity index is 603. The van der Waals surface area contributed by atoms with Crippen molar-refractivity contribution in [3.63, 3.8) is 0 Å². The molecule has 1 aromatic rings. The number of hydrogen-bond acceptors (Lipinski definition) is 5. The van der Waals surface area contributed by atoms with E-state index in [9.17, 15) is 9.59 Å². The third-order valence-corrected chi connectivity index (χ3v) is 4.90. The van der Waals surface area contributed by atoms with Crippen molar-refractivity contribution in [2.75, 3.05) is 13.2 Å². The number of hydrogen-bond donors (Lipinski definition) is 1. The molecular weight excluding hydrogens is 334 g/mol. The van der Waals surface area contributed by atoms with Gasteiger partial charge in [-0.3, -0.25) is 4.79 Å². The molecule has 0 bridgehead atoms. The van der Waals surface area contributed by atoms with Crippen LogP contribution in [0.25, 0.3) is 0 Å². The second-order valence-corrected chi connectivity index (χ2v) is 7.01. The van der Waals surface area contributed by atoms with Crippen molar-refractivity contribution in [1.82, 2.24) is 5.32 Å². The molecule has 2 aliphatic rings. The fraction of sp³-hybridized carbons (Fsp3) is 0.600. The SMILES string of the molecule is C[C@H](OC(=O)c1ccc(OC[C@@H]2CCCO2)cc1)C(=O)NC1CCCC1. The lowest BCUT2D eigenvalue weighted by Crippen LogP contribution is -2.40. The summed E-state index contributed by atoms with van der Waals surface area (Å²) in [5, 5.41) is 2.94. The normalized spacial score (nSPS) is 21.3. The van der Waals surface area contributed by atoms with Crippen molar-refractivity contribution < 1.29 is 23.8 Å². The summed E-state index contributed by atoms with van der Waals surface area (Å²) in [4.78, 5) is 24.3. The van der Waals surface area contributed by atoms with Gasteiger partial charge in [-0.2, -0.15) is 0 Å². The number of carbonyl (C=O) groups is 2. The van der Waals surface area contributed by atoms with Gasteiger partial charge in [0.1, 0.15) is 12.4 Å². The number of ether oxygens (including phenoxy) is 3. The summed E-state index contributed by atoms with van der Waals surface area (Å²) in [6, 6.07) is 6.97. The van der Waals surface area contributed by atoms with Gasteiger partial charge in [0.05, 0.1) is 11.7 Å². The van der Waals surface area contributed by atoms with E-state index >= 15 is 0 Å². The molecule has 0 aromatic heterocycles. The number of nitrogens with one attached hydrogen (secondary N) is 1. The number of esters is 1. The van der Waals surface area contributed by atoms with Crippen molar-refractivity contribution in [2.45, 2.75) is 63.7 Å². The molecule has 1 saturated heterocycles. The maximum absolute atomic E-state index is 12.2. The molecule has 1 aliphatic carbocycles. The number of rotatable bonds is 7. The molecule has 0 radical (unpaired) electrons. The van der Waals surface area contributed by atoms with Crippen molar-refractivity contribution >= 4 is 11.9 Å². The third kappa shape index (κ3) is 5.21. The van der Waals surface area contributed by atoms with Crippen LogP contribution in [-0.2, 0) is 14.3 Å². The van der Waals surface area contributed by atoms with E-state index < -0.39 is 12.1 Å². The first-order valence-electron chi connectivity index (χ1n) is 9.47. The van der Waals surface area contributed by atoms with Crippen LogP contribution in [-0.4, -0.2) is 43.3 Å². The lowest BCUT2D eigenvalue weighted by Gasteiger charge is -2.17. The Balaban J connectivity index is 1.45. The first-order chi connectivity index (χ1) is 12.6. The van der Waals surface area contributed by atoms with E-state index in [1.807, 2.05) is 0 Å². The van der Waals surface area contributed by atoms with Crippen LogP contribution in [0.4, 0.5) is 0 Å². The van der Waals surface area contributed by atoms with Crippen LogP contribution >= 0.6 is 0 Å². The van der Waals surface area contributed by atoms with Crippen molar-refractivity contribution in [1.29, 1.82) is 0 Å². The molecular formula is C20H27NO5. The third-order valence-electron chi connectivity index (χ3n) is 4.90. The summed E-state index contributed by atoms with van der Waals surface area (Å²) in [6.45, 7) is 2.91. The first-order valence-corrected chi connectivity index (χ1v) is 9.47. The van der Waals surface area contributed by atoms with Crippen LogP contribution in [0.2, 0.25) is 0 Å². The van der Waals surface area contributed by atoms with Crippen LogP contribution < -0.4 is 10.1 Å². The molecule has 6 heteroatoms. The predicted octanol–water partition coefficient (Wildman–Crippen LogP) is 2.85. The average Bonchev–Trinajstić information content (AvgIpc) is 3.34. The highest BCUT2D eigenvalue weighted by Crippen LogP contribution is 2.19. The molecule has 2 atom stereocenters. The predicted molar refractivity (Wildman–Crippen MR) is 96.2 cm³/mol. The van der Waals surface area contributed by atoms with Gasteiger partial charge < -0.3 is 19.5 Å². The molecule has 0 unspecified atom stereocenters.